The van der Waals surface area contributed by atoms with Crippen molar-refractivity contribution in [3.8, 4) is 0 Å². The van der Waals surface area contributed by atoms with Crippen LogP contribution in [0.5, 0.6) is 0 Å². The van der Waals surface area contributed by atoms with Crippen LogP contribution in [-0.4, -0.2) is 58.5 Å². The summed E-state index contributed by atoms with van der Waals surface area (Å²) in [5.41, 5.74) is 2.34. The average Bonchev–Trinajstić information content (AvgIpc) is 3.25. The van der Waals surface area contributed by atoms with Crippen molar-refractivity contribution in [1.29, 1.82) is 0 Å². The SMILES string of the molecule is O=C1CCc2cc(C(=O)CSc3nnc(N4CCOCC4)n3Cc3ccccc3)c(F)cc2N1. The first-order chi connectivity index (χ1) is 16.6. The van der Waals surface area contributed by atoms with Gasteiger partial charge in [0.15, 0.2) is 10.9 Å². The summed E-state index contributed by atoms with van der Waals surface area (Å²) in [6.07, 6.45) is 0.817. The lowest BCUT2D eigenvalue weighted by atomic mass is 9.98. The standard InChI is InChI=1S/C24H24FN5O3S/c25-19-13-20-17(6-7-22(32)26-20)12-18(19)21(31)15-34-24-28-27-23(29-8-10-33-11-9-29)30(24)14-16-4-2-1-3-5-16/h1-5,12-13H,6-11,14-15H2,(H,26,32). The molecule has 5 rings (SSSR count). The summed E-state index contributed by atoms with van der Waals surface area (Å²) in [4.78, 5) is 26.6. The number of nitrogens with one attached hydrogen (secondary N) is 1. The quantitative estimate of drug-likeness (QED) is 0.410. The van der Waals surface area contributed by atoms with Gasteiger partial charge in [-0.2, -0.15) is 0 Å². The Morgan fingerprint density at radius 1 is 1.12 bits per heavy atom. The van der Waals surface area contributed by atoms with Crippen molar-refractivity contribution in [3.05, 3.63) is 65.0 Å². The molecule has 0 aliphatic carbocycles. The van der Waals surface area contributed by atoms with Crippen molar-refractivity contribution in [3.63, 3.8) is 0 Å². The molecule has 3 heterocycles. The van der Waals surface area contributed by atoms with Gasteiger partial charge in [-0.05, 0) is 29.7 Å². The van der Waals surface area contributed by atoms with Crippen molar-refractivity contribution < 1.29 is 18.7 Å². The molecule has 0 bridgehead atoms. The molecule has 34 heavy (non-hydrogen) atoms. The summed E-state index contributed by atoms with van der Waals surface area (Å²) in [6.45, 7) is 3.24. The Morgan fingerprint density at radius 2 is 1.91 bits per heavy atom. The molecular formula is C24H24FN5O3S. The van der Waals surface area contributed by atoms with E-state index in [9.17, 15) is 14.0 Å². The Balaban J connectivity index is 1.36. The number of halogens is 1. The maximum atomic E-state index is 14.7. The summed E-state index contributed by atoms with van der Waals surface area (Å²) in [6, 6.07) is 12.8. The lowest BCUT2D eigenvalue weighted by molar-refractivity contribution is -0.116. The van der Waals surface area contributed by atoms with Crippen molar-refractivity contribution in [2.45, 2.75) is 24.5 Å². The van der Waals surface area contributed by atoms with E-state index in [4.69, 9.17) is 4.74 Å². The molecule has 8 nitrogen and oxygen atoms in total. The Morgan fingerprint density at radius 3 is 2.71 bits per heavy atom. The molecule has 10 heteroatoms. The summed E-state index contributed by atoms with van der Waals surface area (Å²) in [5, 5.41) is 12.0. The Kier molecular flexibility index (Phi) is 6.59. The highest BCUT2D eigenvalue weighted by Crippen LogP contribution is 2.29. The second-order valence-electron chi connectivity index (χ2n) is 8.20. The number of hydrogen-bond donors (Lipinski definition) is 1. The molecule has 1 amide bonds. The van der Waals surface area contributed by atoms with Crippen LogP contribution in [0.25, 0.3) is 0 Å². The first kappa shape index (κ1) is 22.5. The lowest BCUT2D eigenvalue weighted by Gasteiger charge is -2.28. The van der Waals surface area contributed by atoms with Crippen molar-refractivity contribution >= 4 is 35.1 Å². The zero-order chi connectivity index (χ0) is 23.5. The highest BCUT2D eigenvalue weighted by molar-refractivity contribution is 7.99. The van der Waals surface area contributed by atoms with E-state index in [0.29, 0.717) is 56.5 Å². The minimum Gasteiger partial charge on any atom is -0.378 e. The Hall–Kier alpha value is -3.24. The first-order valence-electron chi connectivity index (χ1n) is 11.2. The van der Waals surface area contributed by atoms with Crippen LogP contribution in [-0.2, 0) is 22.5 Å². The fourth-order valence-corrected chi connectivity index (χ4v) is 4.93. The van der Waals surface area contributed by atoms with E-state index in [0.717, 1.165) is 17.1 Å². The number of rotatable bonds is 7. The Labute approximate surface area is 200 Å². The van der Waals surface area contributed by atoms with Gasteiger partial charge in [0.05, 0.1) is 31.1 Å². The fourth-order valence-electron chi connectivity index (χ4n) is 4.11. The molecule has 2 aliphatic heterocycles. The number of nitrogens with zero attached hydrogens (tertiary/aromatic N) is 4. The number of benzene rings is 2. The predicted octanol–water partition coefficient (Wildman–Crippen LogP) is 3.16. The van der Waals surface area contributed by atoms with E-state index in [1.54, 1.807) is 6.07 Å². The Bertz CT molecular complexity index is 1210. The van der Waals surface area contributed by atoms with Gasteiger partial charge in [0.2, 0.25) is 11.9 Å². The summed E-state index contributed by atoms with van der Waals surface area (Å²) in [5.74, 6) is -0.346. The van der Waals surface area contributed by atoms with Crippen LogP contribution in [0, 0.1) is 5.82 Å². The lowest BCUT2D eigenvalue weighted by Crippen LogP contribution is -2.38. The monoisotopic (exact) mass is 481 g/mol. The molecule has 0 radical (unpaired) electrons. The number of morpholine rings is 1. The van der Waals surface area contributed by atoms with Gasteiger partial charge in [-0.25, -0.2) is 4.39 Å². The number of anilines is 2. The number of thioether (sulfide) groups is 1. The maximum absolute atomic E-state index is 14.7. The smallest absolute Gasteiger partial charge is 0.228 e. The molecule has 0 saturated carbocycles. The van der Waals surface area contributed by atoms with Crippen LogP contribution < -0.4 is 10.2 Å². The van der Waals surface area contributed by atoms with E-state index in [2.05, 4.69) is 20.4 Å². The average molecular weight is 482 g/mol. The number of carbonyl (C=O) groups is 2. The molecule has 2 aliphatic rings. The first-order valence-corrected chi connectivity index (χ1v) is 12.1. The number of carbonyl (C=O) groups excluding carboxylic acids is 2. The number of aromatic nitrogens is 3. The zero-order valence-corrected chi connectivity index (χ0v) is 19.3. The van der Waals surface area contributed by atoms with Gasteiger partial charge >= 0.3 is 0 Å². The minimum absolute atomic E-state index is 0.0259. The predicted molar refractivity (Wildman–Crippen MR) is 127 cm³/mol. The van der Waals surface area contributed by atoms with Gasteiger partial charge in [0.25, 0.3) is 0 Å². The number of aryl methyl sites for hydroxylation is 1. The molecule has 3 aromatic rings. The highest BCUT2D eigenvalue weighted by Gasteiger charge is 2.24. The van der Waals surface area contributed by atoms with Gasteiger partial charge in [-0.15, -0.1) is 10.2 Å². The third-order valence-corrected chi connectivity index (χ3v) is 6.86. The largest absolute Gasteiger partial charge is 0.378 e. The zero-order valence-electron chi connectivity index (χ0n) is 18.5. The number of fused-ring (bicyclic) bond motifs is 1. The van der Waals surface area contributed by atoms with Crippen LogP contribution in [0.15, 0.2) is 47.6 Å². The second-order valence-corrected chi connectivity index (χ2v) is 9.15. The molecule has 1 N–H and O–H groups in total. The number of ketones is 1. The molecule has 2 aromatic carbocycles. The normalized spacial score (nSPS) is 15.7. The number of Topliss-reactive ketones (excluding diaryl/α,β-unsaturated/α-hetero) is 1. The van der Waals surface area contributed by atoms with Gasteiger partial charge in [0.1, 0.15) is 5.82 Å². The second kappa shape index (κ2) is 9.94. The summed E-state index contributed by atoms with van der Waals surface area (Å²) in [7, 11) is 0. The van der Waals surface area contributed by atoms with Crippen LogP contribution >= 0.6 is 11.8 Å². The van der Waals surface area contributed by atoms with Crippen LogP contribution in [0.3, 0.4) is 0 Å². The van der Waals surface area contributed by atoms with E-state index in [1.807, 2.05) is 34.9 Å². The third kappa shape index (κ3) is 4.83. The third-order valence-electron chi connectivity index (χ3n) is 5.90. The molecule has 0 unspecified atom stereocenters. The van der Waals surface area contributed by atoms with E-state index < -0.39 is 5.82 Å². The molecule has 1 fully saturated rings. The molecule has 0 spiro atoms. The van der Waals surface area contributed by atoms with Gasteiger partial charge in [0, 0.05) is 25.2 Å². The van der Waals surface area contributed by atoms with Crippen molar-refractivity contribution in [2.75, 3.05) is 42.3 Å². The molecule has 176 valence electrons. The van der Waals surface area contributed by atoms with Gasteiger partial charge in [-0.3, -0.25) is 14.2 Å². The number of amides is 1. The van der Waals surface area contributed by atoms with Crippen LogP contribution in [0.4, 0.5) is 16.0 Å². The molecular weight excluding hydrogens is 457 g/mol. The fraction of sp³-hybridized carbons (Fsp3) is 0.333. The molecule has 1 aromatic heterocycles. The van der Waals surface area contributed by atoms with Crippen LogP contribution in [0.2, 0.25) is 0 Å². The van der Waals surface area contributed by atoms with Gasteiger partial charge in [-0.1, -0.05) is 42.1 Å². The molecule has 1 saturated heterocycles. The van der Waals surface area contributed by atoms with Crippen molar-refractivity contribution in [2.24, 2.45) is 0 Å². The van der Waals surface area contributed by atoms with Gasteiger partial charge < -0.3 is 15.0 Å². The molecule has 0 atom stereocenters. The summed E-state index contributed by atoms with van der Waals surface area (Å²) >= 11 is 1.25. The number of hydrogen-bond acceptors (Lipinski definition) is 7. The van der Waals surface area contributed by atoms with E-state index in [-0.39, 0.29) is 23.0 Å². The maximum Gasteiger partial charge on any atom is 0.228 e. The topological polar surface area (TPSA) is 89.3 Å². The highest BCUT2D eigenvalue weighted by atomic mass is 32.2. The number of ether oxygens (including phenoxy) is 1. The van der Waals surface area contributed by atoms with E-state index >= 15 is 0 Å². The minimum atomic E-state index is -0.633. The summed E-state index contributed by atoms with van der Waals surface area (Å²) < 4.78 is 22.1. The van der Waals surface area contributed by atoms with Crippen LogP contribution in [0.1, 0.15) is 27.9 Å². The van der Waals surface area contributed by atoms with Crippen molar-refractivity contribution in [1.82, 2.24) is 14.8 Å². The van der Waals surface area contributed by atoms with E-state index in [1.165, 1.54) is 17.8 Å².